The topological polar surface area (TPSA) is 51.4 Å². The monoisotopic (exact) mass is 440 g/mol. The summed E-state index contributed by atoms with van der Waals surface area (Å²) in [6, 6.07) is 26.3. The molecule has 0 spiro atoms. The first-order valence-corrected chi connectivity index (χ1v) is 11.3. The smallest absolute Gasteiger partial charge is 0.269 e. The van der Waals surface area contributed by atoms with Crippen LogP contribution in [0.1, 0.15) is 41.3 Å². The second kappa shape index (κ2) is 9.28. The van der Waals surface area contributed by atoms with Crippen molar-refractivity contribution in [1.82, 2.24) is 4.57 Å². The third kappa shape index (κ3) is 4.53. The molecule has 0 saturated carbocycles. The fraction of sp³-hybridized carbons (Fsp3) is 0.148. The second-order valence-corrected chi connectivity index (χ2v) is 8.94. The Kier molecular flexibility index (Phi) is 6.28. The average Bonchev–Trinajstić information content (AvgIpc) is 2.79. The van der Waals surface area contributed by atoms with Crippen LogP contribution in [0.5, 0.6) is 0 Å². The van der Waals surface area contributed by atoms with Gasteiger partial charge in [-0.1, -0.05) is 91.4 Å². The third-order valence-corrected chi connectivity index (χ3v) is 6.22. The molecule has 0 aliphatic heterocycles. The van der Waals surface area contributed by atoms with E-state index in [-0.39, 0.29) is 17.4 Å². The zero-order valence-corrected chi connectivity index (χ0v) is 19.1. The Morgan fingerprint density at radius 1 is 0.906 bits per heavy atom. The van der Waals surface area contributed by atoms with Crippen molar-refractivity contribution in [2.45, 2.75) is 26.7 Å². The van der Waals surface area contributed by atoms with Crippen LogP contribution in [0.25, 0.3) is 16.1 Å². The molecule has 0 atom stereocenters. The zero-order valence-electron chi connectivity index (χ0n) is 18.3. The van der Waals surface area contributed by atoms with Gasteiger partial charge in [-0.25, -0.2) is 0 Å². The normalized spacial score (nSPS) is 11.7. The number of rotatable bonds is 4. The van der Waals surface area contributed by atoms with Crippen LogP contribution in [-0.4, -0.2) is 10.5 Å². The summed E-state index contributed by atoms with van der Waals surface area (Å²) in [7, 11) is 0. The van der Waals surface area contributed by atoms with Gasteiger partial charge >= 0.3 is 0 Å². The van der Waals surface area contributed by atoms with Crippen molar-refractivity contribution >= 4 is 17.2 Å². The van der Waals surface area contributed by atoms with Crippen LogP contribution >= 0.6 is 11.3 Å². The highest BCUT2D eigenvalue weighted by Crippen LogP contribution is 2.24. The van der Waals surface area contributed by atoms with E-state index in [1.165, 1.54) is 11.3 Å². The maximum atomic E-state index is 13.4. The van der Waals surface area contributed by atoms with E-state index in [4.69, 9.17) is 0 Å². The SMILES string of the molecule is Cc1cccc(-c2cc(=O)n(-c3ccccc3C(C)C)/c(=N/C(=O)c3ccccc3)s2)c1. The summed E-state index contributed by atoms with van der Waals surface area (Å²) in [6.07, 6.45) is 0. The number of hydrogen-bond acceptors (Lipinski definition) is 3. The first-order valence-electron chi connectivity index (χ1n) is 10.5. The standard InChI is InChI=1S/C27H24N2O2S/c1-18(2)22-14-7-8-15-23(22)29-25(30)17-24(21-13-9-10-19(3)16-21)32-27(29)28-26(31)20-11-5-4-6-12-20/h4-18H,1-3H3/b28-27-. The Morgan fingerprint density at radius 2 is 1.62 bits per heavy atom. The third-order valence-electron chi connectivity index (χ3n) is 5.19. The Bertz CT molecular complexity index is 1400. The molecule has 4 aromatic rings. The van der Waals surface area contributed by atoms with Crippen LogP contribution in [0, 0.1) is 6.92 Å². The van der Waals surface area contributed by atoms with E-state index in [0.29, 0.717) is 10.4 Å². The number of nitrogens with zero attached hydrogens (tertiary/aromatic N) is 2. The summed E-state index contributed by atoms with van der Waals surface area (Å²) >= 11 is 1.34. The van der Waals surface area contributed by atoms with Gasteiger partial charge in [-0.2, -0.15) is 4.99 Å². The summed E-state index contributed by atoms with van der Waals surface area (Å²) in [5.41, 5.74) is 4.07. The lowest BCUT2D eigenvalue weighted by molar-refractivity contribution is 0.0998. The maximum absolute atomic E-state index is 13.4. The first-order chi connectivity index (χ1) is 15.4. The van der Waals surface area contributed by atoms with E-state index in [2.05, 4.69) is 18.8 Å². The highest BCUT2D eigenvalue weighted by Gasteiger charge is 2.14. The molecule has 0 radical (unpaired) electrons. The Labute approximate surface area is 191 Å². The minimum atomic E-state index is -0.376. The molecule has 5 heteroatoms. The van der Waals surface area contributed by atoms with Gasteiger partial charge in [0.2, 0.25) is 4.80 Å². The Balaban J connectivity index is 2.01. The van der Waals surface area contributed by atoms with Crippen LogP contribution in [0.2, 0.25) is 0 Å². The van der Waals surface area contributed by atoms with Gasteiger partial charge in [0.25, 0.3) is 11.5 Å². The molecule has 4 nitrogen and oxygen atoms in total. The van der Waals surface area contributed by atoms with E-state index in [1.54, 1.807) is 34.9 Å². The maximum Gasteiger partial charge on any atom is 0.279 e. The van der Waals surface area contributed by atoms with Crippen LogP contribution in [-0.2, 0) is 0 Å². The molecule has 0 bridgehead atoms. The second-order valence-electron chi connectivity index (χ2n) is 7.93. The molecule has 1 aromatic heterocycles. The minimum absolute atomic E-state index is 0.206. The molecule has 0 aliphatic carbocycles. The van der Waals surface area contributed by atoms with Gasteiger partial charge in [-0.3, -0.25) is 14.2 Å². The summed E-state index contributed by atoms with van der Waals surface area (Å²) < 4.78 is 1.56. The van der Waals surface area contributed by atoms with Crippen molar-refractivity contribution < 1.29 is 4.79 Å². The molecule has 0 N–H and O–H groups in total. The Morgan fingerprint density at radius 3 is 2.34 bits per heavy atom. The van der Waals surface area contributed by atoms with E-state index in [1.807, 2.05) is 61.5 Å². The fourth-order valence-corrected chi connectivity index (χ4v) is 4.60. The molecule has 0 unspecified atom stereocenters. The Hall–Kier alpha value is -3.57. The number of benzene rings is 3. The number of carbonyl (C=O) groups is 1. The van der Waals surface area contributed by atoms with Crippen molar-refractivity contribution in [3.8, 4) is 16.1 Å². The summed E-state index contributed by atoms with van der Waals surface area (Å²) in [6.45, 7) is 6.18. The van der Waals surface area contributed by atoms with Crippen molar-refractivity contribution in [3.63, 3.8) is 0 Å². The lowest BCUT2D eigenvalue weighted by atomic mass is 10.0. The number of aromatic nitrogens is 1. The summed E-state index contributed by atoms with van der Waals surface area (Å²) in [4.78, 5) is 31.9. The fourth-order valence-electron chi connectivity index (χ4n) is 3.59. The van der Waals surface area contributed by atoms with Crippen molar-refractivity contribution in [2.75, 3.05) is 0 Å². The molecule has 3 aromatic carbocycles. The molecule has 0 fully saturated rings. The molecule has 0 aliphatic rings. The van der Waals surface area contributed by atoms with E-state index in [9.17, 15) is 9.59 Å². The zero-order chi connectivity index (χ0) is 22.7. The van der Waals surface area contributed by atoms with Crippen LogP contribution in [0.15, 0.2) is 94.7 Å². The molecule has 1 amide bonds. The van der Waals surface area contributed by atoms with Crippen molar-refractivity contribution in [2.24, 2.45) is 4.99 Å². The molecular weight excluding hydrogens is 416 g/mol. The minimum Gasteiger partial charge on any atom is -0.269 e. The molecule has 4 rings (SSSR count). The number of carbonyl (C=O) groups excluding carboxylic acids is 1. The quantitative estimate of drug-likeness (QED) is 0.406. The van der Waals surface area contributed by atoms with E-state index < -0.39 is 0 Å². The van der Waals surface area contributed by atoms with E-state index in [0.717, 1.165) is 27.3 Å². The predicted molar refractivity (Wildman–Crippen MR) is 131 cm³/mol. The number of amides is 1. The van der Waals surface area contributed by atoms with E-state index >= 15 is 0 Å². The highest BCUT2D eigenvalue weighted by atomic mass is 32.1. The van der Waals surface area contributed by atoms with Gasteiger partial charge in [0, 0.05) is 16.5 Å². The molecule has 1 heterocycles. The lowest BCUT2D eigenvalue weighted by Crippen LogP contribution is -2.31. The van der Waals surface area contributed by atoms with Crippen LogP contribution in [0.4, 0.5) is 0 Å². The van der Waals surface area contributed by atoms with Gasteiger partial charge in [0.05, 0.1) is 5.69 Å². The van der Waals surface area contributed by atoms with Crippen LogP contribution in [0.3, 0.4) is 0 Å². The summed E-state index contributed by atoms with van der Waals surface area (Å²) in [5.74, 6) is -0.171. The average molecular weight is 441 g/mol. The predicted octanol–water partition coefficient (Wildman–Crippen LogP) is 5.74. The number of para-hydroxylation sites is 1. The highest BCUT2D eigenvalue weighted by molar-refractivity contribution is 7.12. The van der Waals surface area contributed by atoms with Gasteiger partial charge in [-0.15, -0.1) is 0 Å². The molecular formula is C27H24N2O2S. The van der Waals surface area contributed by atoms with Crippen molar-refractivity contribution in [3.05, 3.63) is 117 Å². The number of hydrogen-bond donors (Lipinski definition) is 0. The van der Waals surface area contributed by atoms with Crippen molar-refractivity contribution in [1.29, 1.82) is 0 Å². The van der Waals surface area contributed by atoms with Crippen LogP contribution < -0.4 is 10.4 Å². The first kappa shape index (κ1) is 21.7. The van der Waals surface area contributed by atoms with Gasteiger partial charge in [-0.05, 0) is 42.2 Å². The molecule has 0 saturated heterocycles. The van der Waals surface area contributed by atoms with Gasteiger partial charge in [0.1, 0.15) is 0 Å². The van der Waals surface area contributed by atoms with Gasteiger partial charge in [0.15, 0.2) is 0 Å². The van der Waals surface area contributed by atoms with Gasteiger partial charge < -0.3 is 0 Å². The largest absolute Gasteiger partial charge is 0.279 e. The molecule has 32 heavy (non-hydrogen) atoms. The lowest BCUT2D eigenvalue weighted by Gasteiger charge is -2.15. The summed E-state index contributed by atoms with van der Waals surface area (Å²) in [5, 5.41) is 0. The molecule has 160 valence electrons. The number of aryl methyl sites for hydroxylation is 1.